The molecule has 0 bridgehead atoms. The van der Waals surface area contributed by atoms with E-state index in [9.17, 15) is 4.79 Å². The first-order valence-electron chi connectivity index (χ1n) is 7.89. The van der Waals surface area contributed by atoms with Crippen molar-refractivity contribution in [3.63, 3.8) is 0 Å². The number of hydrogen-bond acceptors (Lipinski definition) is 2. The Morgan fingerprint density at radius 2 is 1.61 bits per heavy atom. The molecule has 2 saturated carbocycles. The van der Waals surface area contributed by atoms with Crippen molar-refractivity contribution in [3.8, 4) is 0 Å². The molecule has 0 amide bonds. The van der Waals surface area contributed by atoms with E-state index in [0.717, 1.165) is 19.0 Å². The van der Waals surface area contributed by atoms with Crippen LogP contribution in [0.5, 0.6) is 0 Å². The molecule has 0 radical (unpaired) electrons. The molecule has 2 aliphatic rings. The zero-order valence-corrected chi connectivity index (χ0v) is 12.2. The van der Waals surface area contributed by atoms with E-state index in [1.54, 1.807) is 6.92 Å². The van der Waals surface area contributed by atoms with Gasteiger partial charge in [-0.1, -0.05) is 32.1 Å². The Balaban J connectivity index is 1.87. The molecule has 18 heavy (non-hydrogen) atoms. The summed E-state index contributed by atoms with van der Waals surface area (Å²) >= 11 is 0. The lowest BCUT2D eigenvalue weighted by molar-refractivity contribution is -0.123. The van der Waals surface area contributed by atoms with Crippen LogP contribution in [-0.4, -0.2) is 30.3 Å². The fourth-order valence-corrected chi connectivity index (χ4v) is 4.00. The van der Waals surface area contributed by atoms with E-state index in [1.807, 2.05) is 0 Å². The van der Waals surface area contributed by atoms with Crippen LogP contribution < -0.4 is 0 Å². The second-order valence-electron chi connectivity index (χ2n) is 6.49. The van der Waals surface area contributed by atoms with Crippen LogP contribution in [0.25, 0.3) is 0 Å². The third-order valence-corrected chi connectivity index (χ3v) is 5.15. The number of rotatable bonds is 4. The van der Waals surface area contributed by atoms with Crippen molar-refractivity contribution in [1.82, 2.24) is 4.90 Å². The SMILES string of the molecule is CC(=O)C1CCCCC1CN(C)C1CCCCC1. The molecule has 2 aliphatic carbocycles. The second-order valence-corrected chi connectivity index (χ2v) is 6.49. The van der Waals surface area contributed by atoms with Crippen LogP contribution in [0.2, 0.25) is 0 Å². The van der Waals surface area contributed by atoms with Gasteiger partial charge in [-0.15, -0.1) is 0 Å². The molecule has 0 aliphatic heterocycles. The molecule has 0 saturated heterocycles. The van der Waals surface area contributed by atoms with E-state index in [1.165, 1.54) is 51.4 Å². The first-order valence-corrected chi connectivity index (χ1v) is 7.89. The van der Waals surface area contributed by atoms with Gasteiger partial charge in [-0.25, -0.2) is 0 Å². The summed E-state index contributed by atoms with van der Waals surface area (Å²) in [7, 11) is 2.28. The minimum Gasteiger partial charge on any atom is -0.303 e. The van der Waals surface area contributed by atoms with Gasteiger partial charge in [0.15, 0.2) is 0 Å². The van der Waals surface area contributed by atoms with Gasteiger partial charge in [0.1, 0.15) is 5.78 Å². The Hall–Kier alpha value is -0.370. The molecule has 2 heteroatoms. The molecule has 2 nitrogen and oxygen atoms in total. The van der Waals surface area contributed by atoms with Gasteiger partial charge in [0.2, 0.25) is 0 Å². The summed E-state index contributed by atoms with van der Waals surface area (Å²) in [6, 6.07) is 0.785. The summed E-state index contributed by atoms with van der Waals surface area (Å²) in [5.74, 6) is 1.41. The molecular weight excluding hydrogens is 222 g/mol. The molecule has 0 heterocycles. The van der Waals surface area contributed by atoms with Gasteiger partial charge in [0.05, 0.1) is 0 Å². The maximum atomic E-state index is 11.7. The lowest BCUT2D eigenvalue weighted by atomic mass is 9.76. The highest BCUT2D eigenvalue weighted by Crippen LogP contribution is 2.32. The van der Waals surface area contributed by atoms with Crippen LogP contribution in [0.4, 0.5) is 0 Å². The topological polar surface area (TPSA) is 20.3 Å². The molecule has 2 unspecified atom stereocenters. The molecular formula is C16H29NO. The number of carbonyl (C=O) groups is 1. The standard InChI is InChI=1S/C16H29NO/c1-13(18)16-11-7-6-8-14(16)12-17(2)15-9-4-3-5-10-15/h14-16H,3-12H2,1-2H3. The van der Waals surface area contributed by atoms with Crippen LogP contribution in [0.15, 0.2) is 0 Å². The first kappa shape index (κ1) is 14.0. The number of nitrogens with zero attached hydrogens (tertiary/aromatic N) is 1. The minimum atomic E-state index is 0.352. The number of carbonyl (C=O) groups excluding carboxylic acids is 1. The number of hydrogen-bond donors (Lipinski definition) is 0. The number of ketones is 1. The Kier molecular flexibility index (Phi) is 5.23. The van der Waals surface area contributed by atoms with E-state index < -0.39 is 0 Å². The van der Waals surface area contributed by atoms with Crippen molar-refractivity contribution < 1.29 is 4.79 Å². The van der Waals surface area contributed by atoms with Crippen LogP contribution in [0.1, 0.15) is 64.7 Å². The van der Waals surface area contributed by atoms with Gasteiger partial charge in [-0.05, 0) is 45.6 Å². The van der Waals surface area contributed by atoms with Crippen molar-refractivity contribution in [2.24, 2.45) is 11.8 Å². The molecule has 2 rings (SSSR count). The molecule has 104 valence electrons. The Morgan fingerprint density at radius 3 is 2.28 bits per heavy atom. The van der Waals surface area contributed by atoms with Crippen molar-refractivity contribution in [1.29, 1.82) is 0 Å². The van der Waals surface area contributed by atoms with E-state index in [0.29, 0.717) is 17.6 Å². The van der Waals surface area contributed by atoms with Crippen LogP contribution >= 0.6 is 0 Å². The Morgan fingerprint density at radius 1 is 1.00 bits per heavy atom. The first-order chi connectivity index (χ1) is 8.68. The monoisotopic (exact) mass is 251 g/mol. The average molecular weight is 251 g/mol. The fourth-order valence-electron chi connectivity index (χ4n) is 4.00. The van der Waals surface area contributed by atoms with Gasteiger partial charge in [-0.3, -0.25) is 4.79 Å². The summed E-state index contributed by atoms with van der Waals surface area (Å²) in [5, 5.41) is 0. The zero-order chi connectivity index (χ0) is 13.0. The van der Waals surface area contributed by atoms with Crippen molar-refractivity contribution in [3.05, 3.63) is 0 Å². The van der Waals surface area contributed by atoms with Gasteiger partial charge in [0.25, 0.3) is 0 Å². The summed E-state index contributed by atoms with van der Waals surface area (Å²) in [5.41, 5.74) is 0. The minimum absolute atomic E-state index is 0.352. The molecule has 0 aromatic rings. The molecule has 2 fully saturated rings. The van der Waals surface area contributed by atoms with Crippen molar-refractivity contribution >= 4 is 5.78 Å². The summed E-state index contributed by atoms with van der Waals surface area (Å²) in [6.07, 6.45) is 11.9. The van der Waals surface area contributed by atoms with Crippen LogP contribution in [-0.2, 0) is 4.79 Å². The molecule has 0 spiro atoms. The fraction of sp³-hybridized carbons (Fsp3) is 0.938. The van der Waals surface area contributed by atoms with Gasteiger partial charge in [0, 0.05) is 18.5 Å². The molecule has 0 aromatic carbocycles. The third-order valence-electron chi connectivity index (χ3n) is 5.15. The highest BCUT2D eigenvalue weighted by Gasteiger charge is 2.30. The average Bonchev–Trinajstić information content (AvgIpc) is 2.40. The largest absolute Gasteiger partial charge is 0.303 e. The van der Waals surface area contributed by atoms with Crippen LogP contribution in [0.3, 0.4) is 0 Å². The van der Waals surface area contributed by atoms with Gasteiger partial charge >= 0.3 is 0 Å². The number of Topliss-reactive ketones (excluding diaryl/α,β-unsaturated/α-hetero) is 1. The van der Waals surface area contributed by atoms with Gasteiger partial charge in [-0.2, -0.15) is 0 Å². The highest BCUT2D eigenvalue weighted by atomic mass is 16.1. The highest BCUT2D eigenvalue weighted by molar-refractivity contribution is 5.78. The van der Waals surface area contributed by atoms with E-state index in [-0.39, 0.29) is 0 Å². The molecule has 0 N–H and O–H groups in total. The quantitative estimate of drug-likeness (QED) is 0.760. The third kappa shape index (κ3) is 3.57. The predicted molar refractivity (Wildman–Crippen MR) is 75.6 cm³/mol. The lowest BCUT2D eigenvalue weighted by Gasteiger charge is -2.37. The maximum absolute atomic E-state index is 11.7. The Bertz CT molecular complexity index is 270. The summed E-state index contributed by atoms with van der Waals surface area (Å²) < 4.78 is 0. The van der Waals surface area contributed by atoms with E-state index in [2.05, 4.69) is 11.9 Å². The molecule has 0 aromatic heterocycles. The van der Waals surface area contributed by atoms with Crippen molar-refractivity contribution in [2.45, 2.75) is 70.8 Å². The second kappa shape index (κ2) is 6.70. The van der Waals surface area contributed by atoms with E-state index in [4.69, 9.17) is 0 Å². The maximum Gasteiger partial charge on any atom is 0.133 e. The molecule has 2 atom stereocenters. The van der Waals surface area contributed by atoms with Gasteiger partial charge < -0.3 is 4.90 Å². The zero-order valence-electron chi connectivity index (χ0n) is 12.2. The normalized spacial score (nSPS) is 30.6. The smallest absolute Gasteiger partial charge is 0.133 e. The summed E-state index contributed by atoms with van der Waals surface area (Å²) in [6.45, 7) is 2.94. The lowest BCUT2D eigenvalue weighted by Crippen LogP contribution is -2.40. The summed E-state index contributed by atoms with van der Waals surface area (Å²) in [4.78, 5) is 14.3. The van der Waals surface area contributed by atoms with Crippen LogP contribution in [0, 0.1) is 11.8 Å². The van der Waals surface area contributed by atoms with Crippen molar-refractivity contribution in [2.75, 3.05) is 13.6 Å². The predicted octanol–water partition coefficient (Wildman–Crippen LogP) is 3.65. The Labute approximate surface area is 112 Å². The van der Waals surface area contributed by atoms with E-state index >= 15 is 0 Å².